The van der Waals surface area contributed by atoms with Gasteiger partial charge in [-0.25, -0.2) is 4.98 Å². The van der Waals surface area contributed by atoms with E-state index in [2.05, 4.69) is 15.3 Å². The maximum Gasteiger partial charge on any atom is 0.417 e. The fraction of sp³-hybridized carbons (Fsp3) is 0.240. The molecule has 0 spiro atoms. The van der Waals surface area contributed by atoms with Gasteiger partial charge in [-0.3, -0.25) is 9.78 Å². The number of ether oxygens (including phenoxy) is 1. The van der Waals surface area contributed by atoms with Gasteiger partial charge in [-0.1, -0.05) is 17.7 Å². The first kappa shape index (κ1) is 22.5. The van der Waals surface area contributed by atoms with Crippen molar-refractivity contribution in [2.24, 2.45) is 5.92 Å². The van der Waals surface area contributed by atoms with Gasteiger partial charge in [0.1, 0.15) is 5.75 Å². The van der Waals surface area contributed by atoms with E-state index >= 15 is 0 Å². The number of allylic oxidation sites excluding steroid dienone is 2. The van der Waals surface area contributed by atoms with Crippen molar-refractivity contribution in [3.05, 3.63) is 83.8 Å². The number of anilines is 1. The number of rotatable bonds is 5. The van der Waals surface area contributed by atoms with Gasteiger partial charge in [-0.2, -0.15) is 13.2 Å². The number of aromatic nitrogens is 2. The van der Waals surface area contributed by atoms with Crippen LogP contribution < -0.4 is 10.1 Å². The minimum absolute atomic E-state index is 0.0173. The minimum atomic E-state index is -4.44. The molecular weight excluding hydrogens is 431 g/mol. The maximum atomic E-state index is 12.7. The van der Waals surface area contributed by atoms with Gasteiger partial charge in [0.15, 0.2) is 0 Å². The number of nitrogens with zero attached hydrogens (tertiary/aromatic N) is 2. The summed E-state index contributed by atoms with van der Waals surface area (Å²) < 4.78 is 43.8. The van der Waals surface area contributed by atoms with Gasteiger partial charge in [0, 0.05) is 24.4 Å². The molecule has 0 radical (unpaired) electrons. The third-order valence-corrected chi connectivity index (χ3v) is 5.67. The molecule has 0 bridgehead atoms. The van der Waals surface area contributed by atoms with E-state index in [0.717, 1.165) is 36.2 Å². The summed E-state index contributed by atoms with van der Waals surface area (Å²) in [6, 6.07) is 13.0. The zero-order valence-corrected chi connectivity index (χ0v) is 17.9. The largest absolute Gasteiger partial charge is 0.439 e. The highest BCUT2D eigenvalue weighted by molar-refractivity contribution is 5.93. The zero-order chi connectivity index (χ0) is 23.4. The molecule has 8 heteroatoms. The second-order valence-electron chi connectivity index (χ2n) is 7.91. The molecule has 1 fully saturated rings. The number of carbonyl (C=O) groups is 1. The summed E-state index contributed by atoms with van der Waals surface area (Å²) >= 11 is 0. The van der Waals surface area contributed by atoms with Crippen LogP contribution >= 0.6 is 0 Å². The summed E-state index contributed by atoms with van der Waals surface area (Å²) in [5.74, 6) is 0.434. The number of alkyl halides is 3. The van der Waals surface area contributed by atoms with E-state index in [4.69, 9.17) is 4.74 Å². The van der Waals surface area contributed by atoms with Gasteiger partial charge in [0.05, 0.1) is 17.4 Å². The first-order chi connectivity index (χ1) is 15.8. The van der Waals surface area contributed by atoms with Crippen LogP contribution in [0.2, 0.25) is 0 Å². The van der Waals surface area contributed by atoms with Crippen molar-refractivity contribution in [2.75, 3.05) is 5.32 Å². The lowest BCUT2D eigenvalue weighted by Crippen LogP contribution is -2.20. The van der Waals surface area contributed by atoms with Crippen molar-refractivity contribution in [2.45, 2.75) is 32.4 Å². The van der Waals surface area contributed by atoms with Crippen molar-refractivity contribution in [1.29, 1.82) is 0 Å². The first-order valence-electron chi connectivity index (χ1n) is 10.5. The molecule has 1 amide bonds. The second kappa shape index (κ2) is 9.44. The van der Waals surface area contributed by atoms with E-state index in [1.165, 1.54) is 11.6 Å². The average Bonchev–Trinajstić information content (AvgIpc) is 3.30. The number of halogens is 3. The number of carbonyl (C=O) groups excluding carboxylic acids is 1. The molecule has 33 heavy (non-hydrogen) atoms. The molecule has 2 heterocycles. The third-order valence-electron chi connectivity index (χ3n) is 5.67. The Kier molecular flexibility index (Phi) is 6.44. The molecule has 1 unspecified atom stereocenters. The number of pyridine rings is 2. The first-order valence-corrected chi connectivity index (χ1v) is 10.5. The van der Waals surface area contributed by atoms with Crippen LogP contribution in [0.5, 0.6) is 11.6 Å². The highest BCUT2D eigenvalue weighted by Crippen LogP contribution is 2.37. The second-order valence-corrected chi connectivity index (χ2v) is 7.91. The molecule has 1 saturated carbocycles. The summed E-state index contributed by atoms with van der Waals surface area (Å²) in [7, 11) is 0. The van der Waals surface area contributed by atoms with Crippen LogP contribution in [0.4, 0.5) is 18.9 Å². The Bertz CT molecular complexity index is 1160. The molecule has 5 nitrogen and oxygen atoms in total. The standard InChI is InChI=1S/C25H22F3N3O2/c1-16(18-7-8-19(12-18)24(32)31-21-5-3-11-29-15-21)17-4-2-6-22(13-17)33-23-10-9-20(14-30-23)25(26,27)28/h2-6,9-11,13-15,19H,7-8,12H2,1H3,(H,31,32)/b18-16+. The number of nitrogens with one attached hydrogen (secondary N) is 1. The Morgan fingerprint density at radius 3 is 2.67 bits per heavy atom. The van der Waals surface area contributed by atoms with Crippen LogP contribution in [-0.2, 0) is 11.0 Å². The molecule has 2 aromatic heterocycles. The summed E-state index contributed by atoms with van der Waals surface area (Å²) in [4.78, 5) is 20.4. The highest BCUT2D eigenvalue weighted by atomic mass is 19.4. The highest BCUT2D eigenvalue weighted by Gasteiger charge is 2.31. The Balaban J connectivity index is 1.44. The van der Waals surface area contributed by atoms with Crippen molar-refractivity contribution >= 4 is 17.2 Å². The fourth-order valence-electron chi connectivity index (χ4n) is 3.82. The minimum Gasteiger partial charge on any atom is -0.439 e. The van der Waals surface area contributed by atoms with Gasteiger partial charge in [0.25, 0.3) is 0 Å². The Morgan fingerprint density at radius 2 is 1.97 bits per heavy atom. The topological polar surface area (TPSA) is 64.1 Å². The Labute approximate surface area is 189 Å². The number of hydrogen-bond acceptors (Lipinski definition) is 4. The lowest BCUT2D eigenvalue weighted by atomic mass is 9.99. The molecule has 1 aliphatic carbocycles. The van der Waals surface area contributed by atoms with E-state index in [-0.39, 0.29) is 17.7 Å². The van der Waals surface area contributed by atoms with E-state index < -0.39 is 11.7 Å². The predicted molar refractivity (Wildman–Crippen MR) is 119 cm³/mol. The smallest absolute Gasteiger partial charge is 0.417 e. The Hall–Kier alpha value is -3.68. The van der Waals surface area contributed by atoms with Gasteiger partial charge in [0.2, 0.25) is 11.8 Å². The van der Waals surface area contributed by atoms with Crippen molar-refractivity contribution in [3.63, 3.8) is 0 Å². The molecule has 0 aliphatic heterocycles. The van der Waals surface area contributed by atoms with Crippen molar-refractivity contribution in [3.8, 4) is 11.6 Å². The van der Waals surface area contributed by atoms with Gasteiger partial charge in [-0.05, 0) is 67.7 Å². The number of amides is 1. The van der Waals surface area contributed by atoms with Crippen LogP contribution in [0.1, 0.15) is 37.3 Å². The number of benzene rings is 1. The molecule has 1 atom stereocenters. The Morgan fingerprint density at radius 1 is 1.12 bits per heavy atom. The van der Waals surface area contributed by atoms with Crippen molar-refractivity contribution in [1.82, 2.24) is 9.97 Å². The molecule has 1 N–H and O–H groups in total. The van der Waals surface area contributed by atoms with Crippen LogP contribution in [0.25, 0.3) is 5.57 Å². The maximum absolute atomic E-state index is 12.7. The number of hydrogen-bond donors (Lipinski definition) is 1. The average molecular weight is 453 g/mol. The lowest BCUT2D eigenvalue weighted by molar-refractivity contribution is -0.137. The molecule has 1 aliphatic rings. The monoisotopic (exact) mass is 453 g/mol. The quantitative estimate of drug-likeness (QED) is 0.479. The summed E-state index contributed by atoms with van der Waals surface area (Å²) in [6.07, 6.45) is 1.84. The fourth-order valence-corrected chi connectivity index (χ4v) is 3.82. The van der Waals surface area contributed by atoms with Crippen molar-refractivity contribution < 1.29 is 22.7 Å². The lowest BCUT2D eigenvalue weighted by Gasteiger charge is -2.12. The summed E-state index contributed by atoms with van der Waals surface area (Å²) in [5.41, 5.74) is 3.05. The van der Waals surface area contributed by atoms with E-state index in [1.807, 2.05) is 25.1 Å². The molecule has 3 aromatic rings. The zero-order valence-electron chi connectivity index (χ0n) is 17.9. The third kappa shape index (κ3) is 5.58. The summed E-state index contributed by atoms with van der Waals surface area (Å²) in [5, 5.41) is 2.91. The molecule has 4 rings (SSSR count). The molecule has 1 aromatic carbocycles. The van der Waals surface area contributed by atoms with E-state index in [0.29, 0.717) is 17.9 Å². The van der Waals surface area contributed by atoms with Gasteiger partial charge in [-0.15, -0.1) is 0 Å². The predicted octanol–water partition coefficient (Wildman–Crippen LogP) is 6.50. The molecule has 170 valence electrons. The van der Waals surface area contributed by atoms with E-state index in [1.54, 1.807) is 30.6 Å². The molecular formula is C25H22F3N3O2. The van der Waals surface area contributed by atoms with Crippen LogP contribution in [0, 0.1) is 5.92 Å². The molecule has 0 saturated heterocycles. The van der Waals surface area contributed by atoms with Gasteiger partial charge < -0.3 is 10.1 Å². The SMILES string of the molecule is C/C(=C1/CCC(C(=O)Nc2cccnc2)C1)c1cccc(Oc2ccc(C(F)(F)F)cn2)c1. The van der Waals surface area contributed by atoms with E-state index in [9.17, 15) is 18.0 Å². The van der Waals surface area contributed by atoms with Crippen LogP contribution in [-0.4, -0.2) is 15.9 Å². The normalized spacial score (nSPS) is 17.5. The van der Waals surface area contributed by atoms with Gasteiger partial charge >= 0.3 is 6.18 Å². The van der Waals surface area contributed by atoms with Crippen LogP contribution in [0.15, 0.2) is 72.7 Å². The summed E-state index contributed by atoms with van der Waals surface area (Å²) in [6.45, 7) is 2.01. The van der Waals surface area contributed by atoms with Crippen LogP contribution in [0.3, 0.4) is 0 Å².